The maximum atomic E-state index is 13.4. The van der Waals surface area contributed by atoms with Crippen LogP contribution < -0.4 is 9.62 Å². The maximum absolute atomic E-state index is 13.4. The van der Waals surface area contributed by atoms with E-state index < -0.39 is 22.5 Å². The van der Waals surface area contributed by atoms with Crippen molar-refractivity contribution < 1.29 is 13.2 Å². The summed E-state index contributed by atoms with van der Waals surface area (Å²) in [6.07, 6.45) is 3.56. The number of nitrogens with zero attached hydrogens (tertiary/aromatic N) is 3. The van der Waals surface area contributed by atoms with Gasteiger partial charge in [-0.2, -0.15) is 0 Å². The zero-order valence-corrected chi connectivity index (χ0v) is 20.0. The first-order chi connectivity index (χ1) is 16.4. The second kappa shape index (κ2) is 10.1. The highest BCUT2D eigenvalue weighted by atomic mass is 35.5. The normalized spacial score (nSPS) is 11.2. The number of hydrogen-bond donors (Lipinski definition) is 1. The van der Waals surface area contributed by atoms with Crippen molar-refractivity contribution in [2.75, 3.05) is 10.8 Å². The number of aryl methyl sites for hydroxylation is 1. The number of halogens is 1. The first-order valence-corrected chi connectivity index (χ1v) is 12.4. The number of hydrogen-bond acceptors (Lipinski definition) is 4. The summed E-state index contributed by atoms with van der Waals surface area (Å²) in [7, 11) is -4.03. The predicted octanol–water partition coefficient (Wildman–Crippen LogP) is 4.35. The van der Waals surface area contributed by atoms with Crippen molar-refractivity contribution in [3.63, 3.8) is 0 Å². The lowest BCUT2D eigenvalue weighted by Crippen LogP contribution is -2.41. The van der Waals surface area contributed by atoms with Crippen molar-refractivity contribution in [1.82, 2.24) is 14.9 Å². The molecule has 1 aromatic heterocycles. The minimum absolute atomic E-state index is 0.0728. The summed E-state index contributed by atoms with van der Waals surface area (Å²) in [5.74, 6) is 0.356. The average molecular weight is 495 g/mol. The van der Waals surface area contributed by atoms with Crippen molar-refractivity contribution in [2.45, 2.75) is 18.4 Å². The fourth-order valence-corrected chi connectivity index (χ4v) is 5.33. The number of nitrogens with one attached hydrogen (secondary N) is 1. The van der Waals surface area contributed by atoms with Gasteiger partial charge in [0, 0.05) is 18.9 Å². The second-order valence-corrected chi connectivity index (χ2v) is 9.80. The molecular formula is C25H23ClN4O3S. The quantitative estimate of drug-likeness (QED) is 0.395. The number of carbonyl (C=O) groups excluding carboxylic acids is 1. The number of amides is 1. The molecule has 1 N–H and O–H groups in total. The summed E-state index contributed by atoms with van der Waals surface area (Å²) >= 11 is 6.32. The number of sulfonamides is 1. The van der Waals surface area contributed by atoms with E-state index >= 15 is 0 Å². The molecule has 9 heteroatoms. The monoisotopic (exact) mass is 494 g/mol. The molecule has 0 fully saturated rings. The molecule has 0 bridgehead atoms. The molecule has 0 atom stereocenters. The standard InChI is InChI=1S/C25H23ClN4O3S/c1-19-27-15-16-29(19)23-13-7-5-9-20(23)17-28-25(31)18-30(24-14-8-6-12-22(24)26)34(32,33)21-10-3-2-4-11-21/h2-16H,17-18H2,1H3,(H,28,31). The number of benzene rings is 3. The van der Waals surface area contributed by atoms with Crippen molar-refractivity contribution in [3.8, 4) is 5.69 Å². The maximum Gasteiger partial charge on any atom is 0.264 e. The lowest BCUT2D eigenvalue weighted by molar-refractivity contribution is -0.119. The molecule has 7 nitrogen and oxygen atoms in total. The van der Waals surface area contributed by atoms with E-state index in [9.17, 15) is 13.2 Å². The molecule has 3 aromatic carbocycles. The molecule has 0 aliphatic rings. The Morgan fingerprint density at radius 1 is 1.00 bits per heavy atom. The molecule has 0 spiro atoms. The summed E-state index contributed by atoms with van der Waals surface area (Å²) in [6.45, 7) is 1.69. The van der Waals surface area contributed by atoms with Crippen LogP contribution in [0.1, 0.15) is 11.4 Å². The highest BCUT2D eigenvalue weighted by Gasteiger charge is 2.28. The summed E-state index contributed by atoms with van der Waals surface area (Å²) in [5.41, 5.74) is 1.99. The molecule has 174 valence electrons. The lowest BCUT2D eigenvalue weighted by atomic mass is 10.1. The lowest BCUT2D eigenvalue weighted by Gasteiger charge is -2.25. The Balaban J connectivity index is 1.59. The Bertz CT molecular complexity index is 1400. The predicted molar refractivity (Wildman–Crippen MR) is 133 cm³/mol. The number of rotatable bonds is 8. The highest BCUT2D eigenvalue weighted by molar-refractivity contribution is 7.92. The molecule has 4 rings (SSSR count). The third-order valence-corrected chi connectivity index (χ3v) is 7.39. The molecule has 0 aliphatic heterocycles. The van der Waals surface area contributed by atoms with Gasteiger partial charge >= 0.3 is 0 Å². The number of anilines is 1. The van der Waals surface area contributed by atoms with Gasteiger partial charge in [0.25, 0.3) is 10.0 Å². The largest absolute Gasteiger partial charge is 0.350 e. The van der Waals surface area contributed by atoms with Gasteiger partial charge in [-0.1, -0.05) is 60.1 Å². The molecule has 0 aliphatic carbocycles. The fourth-order valence-electron chi connectivity index (χ4n) is 3.58. The summed E-state index contributed by atoms with van der Waals surface area (Å²) in [4.78, 5) is 17.3. The number of para-hydroxylation sites is 2. The Morgan fingerprint density at radius 3 is 2.38 bits per heavy atom. The molecule has 0 unspecified atom stereocenters. The molecule has 0 saturated carbocycles. The number of carbonyl (C=O) groups is 1. The fraction of sp³-hybridized carbons (Fsp3) is 0.120. The summed E-state index contributed by atoms with van der Waals surface area (Å²) in [6, 6.07) is 22.1. The van der Waals surface area contributed by atoms with Crippen LogP contribution in [0.2, 0.25) is 5.02 Å². The van der Waals surface area contributed by atoms with Crippen LogP contribution in [0.4, 0.5) is 5.69 Å². The van der Waals surface area contributed by atoms with E-state index in [-0.39, 0.29) is 22.2 Å². The third-order valence-electron chi connectivity index (χ3n) is 5.29. The molecule has 0 saturated heterocycles. The van der Waals surface area contributed by atoms with E-state index in [1.54, 1.807) is 48.7 Å². The first-order valence-electron chi connectivity index (χ1n) is 10.5. The van der Waals surface area contributed by atoms with Gasteiger partial charge in [0.1, 0.15) is 12.4 Å². The molecule has 1 amide bonds. The molecule has 0 radical (unpaired) electrons. The van der Waals surface area contributed by atoms with E-state index in [4.69, 9.17) is 11.6 Å². The van der Waals surface area contributed by atoms with Crippen LogP contribution in [0, 0.1) is 6.92 Å². The Morgan fingerprint density at radius 2 is 1.68 bits per heavy atom. The van der Waals surface area contributed by atoms with Gasteiger partial charge in [-0.3, -0.25) is 9.10 Å². The van der Waals surface area contributed by atoms with Crippen molar-refractivity contribution >= 4 is 33.2 Å². The summed E-state index contributed by atoms with van der Waals surface area (Å²) in [5, 5.41) is 3.07. The van der Waals surface area contributed by atoms with E-state index in [1.807, 2.05) is 42.0 Å². The van der Waals surface area contributed by atoms with Gasteiger partial charge in [-0.05, 0) is 42.8 Å². The van der Waals surface area contributed by atoms with Crippen LogP contribution in [0.25, 0.3) is 5.69 Å². The van der Waals surface area contributed by atoms with E-state index in [0.29, 0.717) is 0 Å². The highest BCUT2D eigenvalue weighted by Crippen LogP contribution is 2.30. The van der Waals surface area contributed by atoms with Crippen LogP contribution in [0.15, 0.2) is 96.2 Å². The molecule has 1 heterocycles. The van der Waals surface area contributed by atoms with Gasteiger partial charge in [-0.15, -0.1) is 0 Å². The zero-order chi connectivity index (χ0) is 24.1. The van der Waals surface area contributed by atoms with Crippen LogP contribution in [0.5, 0.6) is 0 Å². The van der Waals surface area contributed by atoms with Crippen molar-refractivity contribution in [2.24, 2.45) is 0 Å². The Hall–Kier alpha value is -3.62. The van der Waals surface area contributed by atoms with Crippen LogP contribution >= 0.6 is 11.6 Å². The molecular weight excluding hydrogens is 472 g/mol. The zero-order valence-electron chi connectivity index (χ0n) is 18.4. The van der Waals surface area contributed by atoms with Crippen molar-refractivity contribution in [3.05, 3.63) is 108 Å². The van der Waals surface area contributed by atoms with E-state index in [2.05, 4.69) is 10.3 Å². The smallest absolute Gasteiger partial charge is 0.264 e. The van der Waals surface area contributed by atoms with Gasteiger partial charge in [-0.25, -0.2) is 13.4 Å². The Labute approximate surface area is 203 Å². The van der Waals surface area contributed by atoms with Gasteiger partial charge in [0.05, 0.1) is 21.3 Å². The molecule has 34 heavy (non-hydrogen) atoms. The van der Waals surface area contributed by atoms with Gasteiger partial charge in [0.2, 0.25) is 5.91 Å². The molecule has 4 aromatic rings. The van der Waals surface area contributed by atoms with Gasteiger partial charge in [0.15, 0.2) is 0 Å². The topological polar surface area (TPSA) is 84.3 Å². The average Bonchev–Trinajstić information content (AvgIpc) is 3.28. The van der Waals surface area contributed by atoms with Crippen LogP contribution in [-0.2, 0) is 21.4 Å². The Kier molecular flexibility index (Phi) is 7.00. The third kappa shape index (κ3) is 4.98. The van der Waals surface area contributed by atoms with Crippen LogP contribution in [0.3, 0.4) is 0 Å². The number of aromatic nitrogens is 2. The van der Waals surface area contributed by atoms with Crippen molar-refractivity contribution in [1.29, 1.82) is 0 Å². The summed E-state index contributed by atoms with van der Waals surface area (Å²) < 4.78 is 29.8. The van der Waals surface area contributed by atoms with E-state index in [1.165, 1.54) is 12.1 Å². The minimum Gasteiger partial charge on any atom is -0.350 e. The SMILES string of the molecule is Cc1nccn1-c1ccccc1CNC(=O)CN(c1ccccc1Cl)S(=O)(=O)c1ccccc1. The first kappa shape index (κ1) is 23.5. The van der Waals surface area contributed by atoms with Crippen LogP contribution in [-0.4, -0.2) is 30.4 Å². The second-order valence-electron chi connectivity index (χ2n) is 7.53. The van der Waals surface area contributed by atoms with E-state index in [0.717, 1.165) is 21.4 Å². The number of imidazole rings is 1. The van der Waals surface area contributed by atoms with Gasteiger partial charge < -0.3 is 9.88 Å². The minimum atomic E-state index is -4.03.